The van der Waals surface area contributed by atoms with Crippen LogP contribution in [0.2, 0.25) is 0 Å². The summed E-state index contributed by atoms with van der Waals surface area (Å²) in [5.41, 5.74) is 3.11. The minimum absolute atomic E-state index is 1.21. The lowest BCUT2D eigenvalue weighted by molar-refractivity contribution is -0.698. The Kier molecular flexibility index (Phi) is 21.0. The van der Waals surface area contributed by atoms with Gasteiger partial charge in [0.15, 0.2) is 12.4 Å². The number of aryl methyl sites for hydroxylation is 3. The summed E-state index contributed by atoms with van der Waals surface area (Å²) in [5, 5.41) is 0. The van der Waals surface area contributed by atoms with Gasteiger partial charge in [-0.2, -0.15) is 0 Å². The van der Waals surface area contributed by atoms with E-state index in [0.29, 0.717) is 0 Å². The van der Waals surface area contributed by atoms with Gasteiger partial charge in [-0.15, -0.1) is 0 Å². The summed E-state index contributed by atoms with van der Waals surface area (Å²) in [5.74, 6) is 0. The molecule has 0 aliphatic heterocycles. The van der Waals surface area contributed by atoms with Crippen LogP contribution in [-0.2, 0) is 19.4 Å². The van der Waals surface area contributed by atoms with Gasteiger partial charge < -0.3 is 0 Å². The zero-order valence-corrected chi connectivity index (χ0v) is 23.1. The first-order valence-corrected chi connectivity index (χ1v) is 15.3. The van der Waals surface area contributed by atoms with E-state index in [9.17, 15) is 0 Å². The maximum absolute atomic E-state index is 2.50. The Hall–Kier alpha value is -0.850. The molecule has 0 saturated heterocycles. The predicted molar refractivity (Wildman–Crippen MR) is 148 cm³/mol. The lowest BCUT2D eigenvalue weighted by atomic mass is 10.0. The largest absolute Gasteiger partial charge is 0.205 e. The van der Waals surface area contributed by atoms with E-state index in [-0.39, 0.29) is 0 Å². The van der Waals surface area contributed by atoms with Crippen molar-refractivity contribution in [2.24, 2.45) is 0 Å². The molecule has 1 aromatic rings. The third-order valence-corrected chi connectivity index (χ3v) is 7.19. The molecule has 0 unspecified atom stereocenters. The van der Waals surface area contributed by atoms with Crippen molar-refractivity contribution >= 4 is 0 Å². The Balaban J connectivity index is 2.00. The molecule has 0 aromatic carbocycles. The van der Waals surface area contributed by atoms with Gasteiger partial charge in [0.1, 0.15) is 6.54 Å². The van der Waals surface area contributed by atoms with Crippen molar-refractivity contribution in [3.63, 3.8) is 0 Å². The van der Waals surface area contributed by atoms with Crippen molar-refractivity contribution in [3.8, 4) is 0 Å². The normalized spacial score (nSPS) is 11.4. The molecule has 1 aromatic heterocycles. The van der Waals surface area contributed by atoms with E-state index in [1.807, 2.05) is 0 Å². The first-order chi connectivity index (χ1) is 16.3. The monoisotopic (exact) mass is 458 g/mol. The summed E-state index contributed by atoms with van der Waals surface area (Å²) in [4.78, 5) is 0. The smallest absolute Gasteiger partial charge is 0.171 e. The van der Waals surface area contributed by atoms with Gasteiger partial charge in [0, 0.05) is 17.5 Å². The summed E-state index contributed by atoms with van der Waals surface area (Å²) < 4.78 is 2.50. The van der Waals surface area contributed by atoms with Crippen LogP contribution in [0.15, 0.2) is 18.5 Å². The van der Waals surface area contributed by atoms with Crippen LogP contribution in [0.5, 0.6) is 0 Å². The molecule has 1 heterocycles. The van der Waals surface area contributed by atoms with Crippen molar-refractivity contribution in [1.82, 2.24) is 0 Å². The number of unbranched alkanes of at least 4 members (excludes halogenated alkanes) is 18. The highest BCUT2D eigenvalue weighted by Gasteiger charge is 2.08. The second kappa shape index (κ2) is 22.9. The molecule has 0 N–H and O–H groups in total. The second-order valence-corrected chi connectivity index (χ2v) is 10.7. The minimum atomic E-state index is 1.21. The molecule has 0 bridgehead atoms. The van der Waals surface area contributed by atoms with Crippen LogP contribution in [-0.4, -0.2) is 0 Å². The molecule has 1 rings (SSSR count). The summed E-state index contributed by atoms with van der Waals surface area (Å²) in [6.45, 7) is 8.11. The number of hydrogen-bond donors (Lipinski definition) is 0. The summed E-state index contributed by atoms with van der Waals surface area (Å²) in [6.07, 6.45) is 37.2. The van der Waals surface area contributed by atoms with Crippen LogP contribution < -0.4 is 4.57 Å². The van der Waals surface area contributed by atoms with Crippen molar-refractivity contribution in [1.29, 1.82) is 0 Å². The molecule has 1 nitrogen and oxygen atoms in total. The van der Waals surface area contributed by atoms with E-state index in [0.717, 1.165) is 0 Å². The zero-order chi connectivity index (χ0) is 23.8. The lowest BCUT2D eigenvalue weighted by Gasteiger charge is -2.06. The predicted octanol–water partition coefficient (Wildman–Crippen LogP) is 10.3. The zero-order valence-electron chi connectivity index (χ0n) is 23.1. The van der Waals surface area contributed by atoms with E-state index in [2.05, 4.69) is 43.8 Å². The molecular formula is C32H60N+. The fraction of sp³-hybridized carbons (Fsp3) is 0.844. The highest BCUT2D eigenvalue weighted by Crippen LogP contribution is 2.14. The standard InChI is InChI=1S/C32H60N/c1-4-7-10-11-12-13-14-15-16-17-18-19-20-21-22-23-24-27-33-29-31(25-8-5-2)28-32(30-33)26-9-6-3/h28-30H,4-27H2,1-3H3/q+1. The van der Waals surface area contributed by atoms with E-state index in [1.54, 1.807) is 11.1 Å². The Morgan fingerprint density at radius 2 is 0.758 bits per heavy atom. The molecule has 1 heteroatoms. The maximum Gasteiger partial charge on any atom is 0.171 e. The van der Waals surface area contributed by atoms with Gasteiger partial charge in [0.25, 0.3) is 0 Å². The highest BCUT2D eigenvalue weighted by atomic mass is 14.9. The van der Waals surface area contributed by atoms with E-state index >= 15 is 0 Å². The Morgan fingerprint density at radius 1 is 0.424 bits per heavy atom. The summed E-state index contributed by atoms with van der Waals surface area (Å²) in [6, 6.07) is 2.47. The van der Waals surface area contributed by atoms with Crippen LogP contribution in [0.4, 0.5) is 0 Å². The molecule has 0 aliphatic rings. The Labute approximate surface area is 209 Å². The molecule has 33 heavy (non-hydrogen) atoms. The van der Waals surface area contributed by atoms with E-state index in [4.69, 9.17) is 0 Å². The first kappa shape index (κ1) is 30.2. The number of aromatic nitrogens is 1. The highest BCUT2D eigenvalue weighted by molar-refractivity contribution is 5.15. The molecule has 0 atom stereocenters. The average molecular weight is 459 g/mol. The van der Waals surface area contributed by atoms with Crippen LogP contribution in [0.3, 0.4) is 0 Å². The molecule has 0 spiro atoms. The van der Waals surface area contributed by atoms with E-state index < -0.39 is 0 Å². The molecule has 0 amide bonds. The fourth-order valence-corrected chi connectivity index (χ4v) is 4.96. The van der Waals surface area contributed by atoms with Gasteiger partial charge in [-0.3, -0.25) is 0 Å². The van der Waals surface area contributed by atoms with Crippen LogP contribution in [0.1, 0.15) is 167 Å². The average Bonchev–Trinajstić information content (AvgIpc) is 2.83. The first-order valence-electron chi connectivity index (χ1n) is 15.3. The molecule has 0 fully saturated rings. The Bertz CT molecular complexity index is 509. The number of rotatable bonds is 24. The molecule has 0 radical (unpaired) electrons. The van der Waals surface area contributed by atoms with Crippen molar-refractivity contribution in [2.45, 2.75) is 175 Å². The number of pyridine rings is 1. The lowest BCUT2D eigenvalue weighted by Crippen LogP contribution is -2.34. The quantitative estimate of drug-likeness (QED) is 0.107. The van der Waals surface area contributed by atoms with Crippen molar-refractivity contribution in [2.75, 3.05) is 0 Å². The second-order valence-electron chi connectivity index (χ2n) is 10.7. The van der Waals surface area contributed by atoms with E-state index in [1.165, 1.54) is 154 Å². The molecule has 0 saturated carbocycles. The van der Waals surface area contributed by atoms with Crippen molar-refractivity contribution < 1.29 is 4.57 Å². The molecule has 192 valence electrons. The van der Waals surface area contributed by atoms with Crippen LogP contribution >= 0.6 is 0 Å². The molecular weight excluding hydrogens is 398 g/mol. The van der Waals surface area contributed by atoms with Gasteiger partial charge >= 0.3 is 0 Å². The maximum atomic E-state index is 2.50. The third-order valence-electron chi connectivity index (χ3n) is 7.19. The number of hydrogen-bond acceptors (Lipinski definition) is 0. The number of nitrogens with zero attached hydrogens (tertiary/aromatic N) is 1. The third kappa shape index (κ3) is 18.2. The van der Waals surface area contributed by atoms with Crippen LogP contribution in [0.25, 0.3) is 0 Å². The topological polar surface area (TPSA) is 3.88 Å². The van der Waals surface area contributed by atoms with Gasteiger partial charge in [-0.1, -0.05) is 130 Å². The van der Waals surface area contributed by atoms with Crippen LogP contribution in [0, 0.1) is 0 Å². The van der Waals surface area contributed by atoms with Gasteiger partial charge in [-0.05, 0) is 38.2 Å². The van der Waals surface area contributed by atoms with Crippen molar-refractivity contribution in [3.05, 3.63) is 29.6 Å². The fourth-order valence-electron chi connectivity index (χ4n) is 4.96. The Morgan fingerprint density at radius 3 is 1.12 bits per heavy atom. The summed E-state index contributed by atoms with van der Waals surface area (Å²) >= 11 is 0. The minimum Gasteiger partial charge on any atom is -0.205 e. The van der Waals surface area contributed by atoms with Gasteiger partial charge in [-0.25, -0.2) is 4.57 Å². The van der Waals surface area contributed by atoms with Gasteiger partial charge in [0.05, 0.1) is 0 Å². The van der Waals surface area contributed by atoms with Gasteiger partial charge in [0.2, 0.25) is 0 Å². The SMILES string of the molecule is CCCCCCCCCCCCCCCCCCC[n+]1cc(CCCC)cc(CCCC)c1. The summed E-state index contributed by atoms with van der Waals surface area (Å²) in [7, 11) is 0. The molecule has 0 aliphatic carbocycles.